The maximum atomic E-state index is 12.2. The van der Waals surface area contributed by atoms with Crippen LogP contribution in [-0.2, 0) is 5.60 Å². The van der Waals surface area contributed by atoms with Gasteiger partial charge in [-0.25, -0.2) is 0 Å². The third-order valence-electron chi connectivity index (χ3n) is 5.25. The van der Waals surface area contributed by atoms with Crippen molar-refractivity contribution in [2.45, 2.75) is 39.2 Å². The van der Waals surface area contributed by atoms with E-state index in [9.17, 15) is 9.90 Å². The summed E-state index contributed by atoms with van der Waals surface area (Å²) in [7, 11) is 0. The molecule has 2 aromatic rings. The van der Waals surface area contributed by atoms with Crippen molar-refractivity contribution < 1.29 is 14.4 Å². The van der Waals surface area contributed by atoms with Crippen LogP contribution in [0.25, 0.3) is 0 Å². The van der Waals surface area contributed by atoms with Crippen molar-refractivity contribution in [2.75, 3.05) is 26.2 Å². The van der Waals surface area contributed by atoms with Gasteiger partial charge >= 0.3 is 0 Å². The highest BCUT2D eigenvalue weighted by atomic mass is 16.5. The number of piperidine rings is 1. The molecular formula is C20H27N3O3. The van der Waals surface area contributed by atoms with E-state index >= 15 is 0 Å². The number of benzene rings is 1. The number of likely N-dealkylation sites (tertiary alicyclic amines) is 1. The Kier molecular flexibility index (Phi) is 5.44. The summed E-state index contributed by atoms with van der Waals surface area (Å²) in [4.78, 5) is 14.5. The van der Waals surface area contributed by atoms with Crippen LogP contribution >= 0.6 is 0 Å². The molecule has 1 amide bonds. The quantitative estimate of drug-likeness (QED) is 0.859. The molecule has 3 rings (SSSR count). The Hall–Kier alpha value is -2.18. The van der Waals surface area contributed by atoms with Gasteiger partial charge in [-0.1, -0.05) is 35.0 Å². The molecule has 0 aliphatic carbocycles. The number of nitrogens with one attached hydrogen (secondary N) is 1. The number of rotatable bonds is 5. The van der Waals surface area contributed by atoms with Gasteiger partial charge in [-0.2, -0.15) is 0 Å². The number of carbonyl (C=O) groups excluding carboxylic acids is 1. The van der Waals surface area contributed by atoms with Crippen molar-refractivity contribution in [3.05, 3.63) is 52.4 Å². The first-order chi connectivity index (χ1) is 12.4. The highest BCUT2D eigenvalue weighted by Crippen LogP contribution is 2.32. The summed E-state index contributed by atoms with van der Waals surface area (Å²) in [5, 5.41) is 17.7. The van der Waals surface area contributed by atoms with Crippen LogP contribution in [0.15, 0.2) is 28.8 Å². The minimum absolute atomic E-state index is 0.144. The zero-order valence-corrected chi connectivity index (χ0v) is 15.7. The van der Waals surface area contributed by atoms with E-state index in [-0.39, 0.29) is 5.91 Å². The number of hydrogen-bond donors (Lipinski definition) is 2. The van der Waals surface area contributed by atoms with Crippen LogP contribution in [0.3, 0.4) is 0 Å². The molecular weight excluding hydrogens is 330 g/mol. The topological polar surface area (TPSA) is 78.6 Å². The summed E-state index contributed by atoms with van der Waals surface area (Å²) in [5.74, 6) is 0.399. The Morgan fingerprint density at radius 2 is 1.88 bits per heavy atom. The van der Waals surface area contributed by atoms with E-state index < -0.39 is 5.60 Å². The summed E-state index contributed by atoms with van der Waals surface area (Å²) in [6, 6.07) is 8.14. The highest BCUT2D eigenvalue weighted by molar-refractivity contribution is 5.96. The Labute approximate surface area is 154 Å². The molecule has 6 heteroatoms. The molecule has 1 aliphatic rings. The van der Waals surface area contributed by atoms with Crippen LogP contribution in [0.4, 0.5) is 0 Å². The smallest absolute Gasteiger partial charge is 0.256 e. The van der Waals surface area contributed by atoms with Gasteiger partial charge in [0.1, 0.15) is 11.3 Å². The molecule has 2 heterocycles. The molecule has 0 saturated carbocycles. The fraction of sp³-hybridized carbons (Fsp3) is 0.500. The van der Waals surface area contributed by atoms with E-state index in [1.54, 1.807) is 13.8 Å². The van der Waals surface area contributed by atoms with Crippen LogP contribution < -0.4 is 5.32 Å². The summed E-state index contributed by atoms with van der Waals surface area (Å²) in [6.45, 7) is 8.50. The molecule has 6 nitrogen and oxygen atoms in total. The lowest BCUT2D eigenvalue weighted by Crippen LogP contribution is -2.45. The molecule has 1 aromatic heterocycles. The lowest BCUT2D eigenvalue weighted by molar-refractivity contribution is -0.0255. The number of aliphatic hydroxyl groups is 1. The molecule has 1 saturated heterocycles. The average molecular weight is 357 g/mol. The Morgan fingerprint density at radius 3 is 2.46 bits per heavy atom. The van der Waals surface area contributed by atoms with Crippen molar-refractivity contribution in [1.29, 1.82) is 0 Å². The molecule has 26 heavy (non-hydrogen) atoms. The van der Waals surface area contributed by atoms with Gasteiger partial charge in [-0.3, -0.25) is 4.79 Å². The van der Waals surface area contributed by atoms with Crippen molar-refractivity contribution in [2.24, 2.45) is 0 Å². The van der Waals surface area contributed by atoms with Crippen LogP contribution in [0.5, 0.6) is 0 Å². The summed E-state index contributed by atoms with van der Waals surface area (Å²) in [6.07, 6.45) is 1.40. The first kappa shape index (κ1) is 18.6. The number of hydrogen-bond acceptors (Lipinski definition) is 5. The molecule has 0 unspecified atom stereocenters. The van der Waals surface area contributed by atoms with Crippen molar-refractivity contribution in [3.8, 4) is 0 Å². The number of amides is 1. The second kappa shape index (κ2) is 7.60. The van der Waals surface area contributed by atoms with Crippen LogP contribution in [0, 0.1) is 20.8 Å². The molecule has 140 valence electrons. The molecule has 1 aromatic carbocycles. The molecule has 0 spiro atoms. The van der Waals surface area contributed by atoms with Gasteiger partial charge < -0.3 is 19.8 Å². The molecule has 0 bridgehead atoms. The lowest BCUT2D eigenvalue weighted by Gasteiger charge is -2.38. The second-order valence-electron chi connectivity index (χ2n) is 7.19. The van der Waals surface area contributed by atoms with Crippen LogP contribution in [0.2, 0.25) is 0 Å². The predicted molar refractivity (Wildman–Crippen MR) is 99.1 cm³/mol. The fourth-order valence-electron chi connectivity index (χ4n) is 3.52. The number of nitrogens with zero attached hydrogens (tertiary/aromatic N) is 2. The molecule has 1 aliphatic heterocycles. The summed E-state index contributed by atoms with van der Waals surface area (Å²) >= 11 is 0. The van der Waals surface area contributed by atoms with Crippen molar-refractivity contribution >= 4 is 5.91 Å². The van der Waals surface area contributed by atoms with E-state index in [2.05, 4.69) is 15.4 Å². The molecule has 0 atom stereocenters. The van der Waals surface area contributed by atoms with Crippen molar-refractivity contribution in [3.63, 3.8) is 0 Å². The normalized spacial score (nSPS) is 17.2. The molecule has 1 fully saturated rings. The second-order valence-corrected chi connectivity index (χ2v) is 7.19. The monoisotopic (exact) mass is 357 g/mol. The predicted octanol–water partition coefficient (Wildman–Crippen LogP) is 2.31. The van der Waals surface area contributed by atoms with E-state index in [1.807, 2.05) is 31.2 Å². The third-order valence-corrected chi connectivity index (χ3v) is 5.25. The van der Waals surface area contributed by atoms with Crippen molar-refractivity contribution in [1.82, 2.24) is 15.4 Å². The zero-order valence-electron chi connectivity index (χ0n) is 15.7. The summed E-state index contributed by atoms with van der Waals surface area (Å²) in [5.41, 5.74) is 2.58. The Balaban J connectivity index is 1.47. The van der Waals surface area contributed by atoms with Gasteiger partial charge in [0.2, 0.25) is 0 Å². The van der Waals surface area contributed by atoms with Gasteiger partial charge in [0.25, 0.3) is 5.91 Å². The standard InChI is InChI=1S/C20H27N3O3/c1-14-4-6-17(7-5-14)20(25)8-11-23(12-9-20)13-10-21-19(24)18-15(2)22-26-16(18)3/h4-7,25H,8-13H2,1-3H3,(H,21,24). The van der Waals surface area contributed by atoms with E-state index in [4.69, 9.17) is 4.52 Å². The minimum Gasteiger partial charge on any atom is -0.385 e. The largest absolute Gasteiger partial charge is 0.385 e. The maximum absolute atomic E-state index is 12.2. The number of aromatic nitrogens is 1. The lowest BCUT2D eigenvalue weighted by atomic mass is 9.84. The third kappa shape index (κ3) is 3.97. The Bertz CT molecular complexity index is 740. The zero-order chi connectivity index (χ0) is 18.7. The highest BCUT2D eigenvalue weighted by Gasteiger charge is 2.33. The first-order valence-corrected chi connectivity index (χ1v) is 9.12. The van der Waals surface area contributed by atoms with Gasteiger partial charge in [-0.15, -0.1) is 0 Å². The van der Waals surface area contributed by atoms with Gasteiger partial charge in [0, 0.05) is 26.2 Å². The van der Waals surface area contributed by atoms with Crippen LogP contribution in [0.1, 0.15) is 45.8 Å². The average Bonchev–Trinajstić information content (AvgIpc) is 2.96. The van der Waals surface area contributed by atoms with Gasteiger partial charge in [0.15, 0.2) is 0 Å². The van der Waals surface area contributed by atoms with E-state index in [1.165, 1.54) is 5.56 Å². The molecule has 0 radical (unpaired) electrons. The number of carbonyl (C=O) groups is 1. The first-order valence-electron chi connectivity index (χ1n) is 9.12. The van der Waals surface area contributed by atoms with E-state index in [0.29, 0.717) is 36.4 Å². The SMILES string of the molecule is Cc1ccc(C2(O)CCN(CCNC(=O)c3c(C)noc3C)CC2)cc1. The minimum atomic E-state index is -0.746. The van der Waals surface area contributed by atoms with Gasteiger partial charge in [-0.05, 0) is 39.2 Å². The van der Waals surface area contributed by atoms with Crippen LogP contribution in [-0.4, -0.2) is 47.2 Å². The van der Waals surface area contributed by atoms with Gasteiger partial charge in [0.05, 0.1) is 11.3 Å². The van der Waals surface area contributed by atoms with E-state index in [0.717, 1.165) is 25.2 Å². The Morgan fingerprint density at radius 1 is 1.23 bits per heavy atom. The maximum Gasteiger partial charge on any atom is 0.256 e. The summed E-state index contributed by atoms with van der Waals surface area (Å²) < 4.78 is 5.04. The fourth-order valence-corrected chi connectivity index (χ4v) is 3.52. The number of aryl methyl sites for hydroxylation is 3. The molecule has 2 N–H and O–H groups in total.